The van der Waals surface area contributed by atoms with Crippen molar-refractivity contribution in [3.8, 4) is 5.75 Å². The fourth-order valence-corrected chi connectivity index (χ4v) is 1.95. The molecule has 0 atom stereocenters. The topological polar surface area (TPSA) is 87.3 Å². The Morgan fingerprint density at radius 2 is 2.32 bits per heavy atom. The van der Waals surface area contributed by atoms with Crippen LogP contribution in [-0.4, -0.2) is 34.9 Å². The molecule has 0 aliphatic heterocycles. The number of aromatic nitrogens is 3. The number of nitrogens with zero attached hydrogens (tertiary/aromatic N) is 3. The highest BCUT2D eigenvalue weighted by molar-refractivity contribution is 7.99. The van der Waals surface area contributed by atoms with Crippen LogP contribution in [0.1, 0.15) is 17.6 Å². The van der Waals surface area contributed by atoms with Crippen LogP contribution in [0.15, 0.2) is 33.0 Å². The Morgan fingerprint density at radius 1 is 1.47 bits per heavy atom. The Balaban J connectivity index is 2.13. The van der Waals surface area contributed by atoms with E-state index in [4.69, 9.17) is 13.9 Å². The van der Waals surface area contributed by atoms with Crippen LogP contribution in [0.25, 0.3) is 0 Å². The number of rotatable bonds is 5. The molecule has 0 amide bonds. The summed E-state index contributed by atoms with van der Waals surface area (Å²) in [6.45, 7) is 1.94. The van der Waals surface area contributed by atoms with Crippen molar-refractivity contribution < 1.29 is 18.7 Å². The van der Waals surface area contributed by atoms with Crippen LogP contribution in [0.4, 0.5) is 0 Å². The van der Waals surface area contributed by atoms with E-state index >= 15 is 0 Å². The van der Waals surface area contributed by atoms with Gasteiger partial charge in [0.05, 0.1) is 13.7 Å². The second kappa shape index (κ2) is 6.19. The third-order valence-electron chi connectivity index (χ3n) is 2.00. The first-order chi connectivity index (χ1) is 9.24. The van der Waals surface area contributed by atoms with E-state index in [1.54, 1.807) is 32.4 Å². The summed E-state index contributed by atoms with van der Waals surface area (Å²) in [5.41, 5.74) is 0. The summed E-state index contributed by atoms with van der Waals surface area (Å²) in [7, 11) is 1.54. The quantitative estimate of drug-likeness (QED) is 0.767. The first-order valence-corrected chi connectivity index (χ1v) is 6.23. The fraction of sp³-hybridized carbons (Fsp3) is 0.273. The summed E-state index contributed by atoms with van der Waals surface area (Å²) in [6, 6.07) is 3.51. The maximum atomic E-state index is 11.4. The van der Waals surface area contributed by atoms with Crippen molar-refractivity contribution in [3.05, 3.63) is 24.2 Å². The van der Waals surface area contributed by atoms with Crippen LogP contribution in [0.5, 0.6) is 5.75 Å². The van der Waals surface area contributed by atoms with Gasteiger partial charge in [-0.1, -0.05) is 5.10 Å². The Morgan fingerprint density at radius 3 is 3.05 bits per heavy atom. The van der Waals surface area contributed by atoms with Gasteiger partial charge in [-0.15, -0.1) is 5.10 Å². The van der Waals surface area contributed by atoms with Crippen LogP contribution in [0.2, 0.25) is 0 Å². The highest BCUT2D eigenvalue weighted by atomic mass is 32.2. The van der Waals surface area contributed by atoms with Crippen LogP contribution >= 0.6 is 11.8 Å². The molecular weight excluding hydrogens is 270 g/mol. The van der Waals surface area contributed by atoms with Crippen molar-refractivity contribution in [2.75, 3.05) is 13.7 Å². The first kappa shape index (κ1) is 13.3. The Hall–Kier alpha value is -2.09. The van der Waals surface area contributed by atoms with Gasteiger partial charge in [-0.2, -0.15) is 0 Å². The molecule has 19 heavy (non-hydrogen) atoms. The fourth-order valence-electron chi connectivity index (χ4n) is 1.22. The van der Waals surface area contributed by atoms with Gasteiger partial charge in [0.25, 0.3) is 5.22 Å². The molecule has 0 unspecified atom stereocenters. The largest absolute Gasteiger partial charge is 0.494 e. The van der Waals surface area contributed by atoms with Gasteiger partial charge in [-0.25, -0.2) is 9.78 Å². The van der Waals surface area contributed by atoms with Gasteiger partial charge >= 0.3 is 11.9 Å². The molecule has 0 radical (unpaired) electrons. The minimum Gasteiger partial charge on any atom is -0.494 e. The van der Waals surface area contributed by atoms with Gasteiger partial charge in [0.2, 0.25) is 0 Å². The molecule has 0 bridgehead atoms. The summed E-state index contributed by atoms with van der Waals surface area (Å²) in [5, 5.41) is 8.11. The molecule has 0 aromatic carbocycles. The monoisotopic (exact) mass is 281 g/mol. The zero-order valence-electron chi connectivity index (χ0n) is 10.3. The third-order valence-corrected chi connectivity index (χ3v) is 2.84. The molecule has 100 valence electrons. The number of hydrogen-bond acceptors (Lipinski definition) is 8. The van der Waals surface area contributed by atoms with E-state index in [1.807, 2.05) is 0 Å². The SMILES string of the molecule is CCOC(=O)c1nnc(Sc2ncccc2OC)o1. The minimum atomic E-state index is -0.644. The number of ether oxygens (including phenoxy) is 2. The smallest absolute Gasteiger partial charge is 0.396 e. The maximum Gasteiger partial charge on any atom is 0.396 e. The van der Waals surface area contributed by atoms with Gasteiger partial charge in [-0.3, -0.25) is 0 Å². The Labute approximate surface area is 113 Å². The van der Waals surface area contributed by atoms with Crippen molar-refractivity contribution in [1.82, 2.24) is 15.2 Å². The summed E-state index contributed by atoms with van der Waals surface area (Å²) >= 11 is 1.11. The average molecular weight is 281 g/mol. The van der Waals surface area contributed by atoms with E-state index in [-0.39, 0.29) is 17.7 Å². The summed E-state index contributed by atoms with van der Waals surface area (Å²) in [4.78, 5) is 15.5. The van der Waals surface area contributed by atoms with E-state index < -0.39 is 5.97 Å². The number of methoxy groups -OCH3 is 1. The molecule has 0 fully saturated rings. The zero-order chi connectivity index (χ0) is 13.7. The van der Waals surface area contributed by atoms with Crippen LogP contribution in [-0.2, 0) is 4.74 Å². The highest BCUT2D eigenvalue weighted by Gasteiger charge is 2.18. The lowest BCUT2D eigenvalue weighted by molar-refractivity contribution is 0.0475. The van der Waals surface area contributed by atoms with Gasteiger partial charge < -0.3 is 13.9 Å². The number of carbonyl (C=O) groups is 1. The van der Waals surface area contributed by atoms with E-state index in [9.17, 15) is 4.79 Å². The predicted octanol–water partition coefficient (Wildman–Crippen LogP) is 1.80. The minimum absolute atomic E-state index is 0.181. The molecule has 2 aromatic heterocycles. The second-order valence-electron chi connectivity index (χ2n) is 3.21. The van der Waals surface area contributed by atoms with E-state index in [0.29, 0.717) is 10.8 Å². The van der Waals surface area contributed by atoms with Crippen LogP contribution in [0, 0.1) is 0 Å². The molecule has 0 aliphatic rings. The molecule has 8 heteroatoms. The highest BCUT2D eigenvalue weighted by Crippen LogP contribution is 2.31. The van der Waals surface area contributed by atoms with E-state index in [1.165, 1.54) is 0 Å². The van der Waals surface area contributed by atoms with Crippen molar-refractivity contribution in [3.63, 3.8) is 0 Å². The normalized spacial score (nSPS) is 10.2. The van der Waals surface area contributed by atoms with Crippen molar-refractivity contribution >= 4 is 17.7 Å². The summed E-state index contributed by atoms with van der Waals surface area (Å²) in [6.07, 6.45) is 1.62. The molecule has 2 rings (SSSR count). The lowest BCUT2D eigenvalue weighted by Gasteiger charge is -2.03. The molecule has 0 saturated heterocycles. The van der Waals surface area contributed by atoms with Crippen molar-refractivity contribution in [1.29, 1.82) is 0 Å². The molecular formula is C11H11N3O4S. The number of hydrogen-bond donors (Lipinski definition) is 0. The third kappa shape index (κ3) is 3.22. The zero-order valence-corrected chi connectivity index (χ0v) is 11.1. The van der Waals surface area contributed by atoms with Crippen molar-refractivity contribution in [2.24, 2.45) is 0 Å². The van der Waals surface area contributed by atoms with Gasteiger partial charge in [0.15, 0.2) is 5.75 Å². The molecule has 2 aromatic rings. The first-order valence-electron chi connectivity index (χ1n) is 5.42. The molecule has 0 spiro atoms. The van der Waals surface area contributed by atoms with Crippen molar-refractivity contribution in [2.45, 2.75) is 17.2 Å². The standard InChI is InChI=1S/C11H11N3O4S/c1-3-17-10(15)8-13-14-11(18-8)19-9-7(16-2)5-4-6-12-9/h4-6H,3H2,1-2H3. The number of esters is 1. The lowest BCUT2D eigenvalue weighted by atomic mass is 10.5. The van der Waals surface area contributed by atoms with Gasteiger partial charge in [-0.05, 0) is 30.8 Å². The summed E-state index contributed by atoms with van der Waals surface area (Å²) < 4.78 is 15.1. The van der Waals surface area contributed by atoms with Crippen LogP contribution in [0.3, 0.4) is 0 Å². The number of pyridine rings is 1. The lowest BCUT2D eigenvalue weighted by Crippen LogP contribution is -2.04. The van der Waals surface area contributed by atoms with Crippen LogP contribution < -0.4 is 4.74 Å². The molecule has 7 nitrogen and oxygen atoms in total. The second-order valence-corrected chi connectivity index (χ2v) is 4.15. The van der Waals surface area contributed by atoms with Gasteiger partial charge in [0, 0.05) is 6.20 Å². The van der Waals surface area contributed by atoms with E-state index in [2.05, 4.69) is 15.2 Å². The Bertz CT molecular complexity index is 573. The molecule has 0 saturated carbocycles. The average Bonchev–Trinajstić information content (AvgIpc) is 2.88. The Kier molecular flexibility index (Phi) is 4.35. The maximum absolute atomic E-state index is 11.4. The predicted molar refractivity (Wildman–Crippen MR) is 65.2 cm³/mol. The molecule has 0 aliphatic carbocycles. The molecule has 2 heterocycles. The van der Waals surface area contributed by atoms with Gasteiger partial charge in [0.1, 0.15) is 5.03 Å². The van der Waals surface area contributed by atoms with E-state index in [0.717, 1.165) is 11.8 Å². The summed E-state index contributed by atoms with van der Waals surface area (Å²) in [5.74, 6) is -0.238. The molecule has 0 N–H and O–H groups in total. The number of carbonyl (C=O) groups excluding carboxylic acids is 1.